The number of anilines is 1. The first-order valence-electron chi connectivity index (χ1n) is 15.3. The minimum absolute atomic E-state index is 0.0386. The molecule has 5 aromatic rings. The second-order valence-electron chi connectivity index (χ2n) is 11.7. The van der Waals surface area contributed by atoms with Crippen molar-refractivity contribution in [2.75, 3.05) is 37.6 Å². The first-order chi connectivity index (χ1) is 21.4. The molecule has 1 amide bonds. The van der Waals surface area contributed by atoms with E-state index in [0.29, 0.717) is 41.5 Å². The summed E-state index contributed by atoms with van der Waals surface area (Å²) >= 11 is 0. The molecule has 1 atom stereocenters. The van der Waals surface area contributed by atoms with Gasteiger partial charge in [0, 0.05) is 50.7 Å². The van der Waals surface area contributed by atoms with Crippen LogP contribution in [0.4, 0.5) is 10.1 Å². The lowest BCUT2D eigenvalue weighted by Gasteiger charge is -2.41. The van der Waals surface area contributed by atoms with Gasteiger partial charge in [-0.2, -0.15) is 0 Å². The highest BCUT2D eigenvalue weighted by molar-refractivity contribution is 5.80. The summed E-state index contributed by atoms with van der Waals surface area (Å²) in [5.74, 6) is 0.632. The molecule has 6 rings (SSSR count). The lowest BCUT2D eigenvalue weighted by atomic mass is 10.1. The lowest BCUT2D eigenvalue weighted by Crippen LogP contribution is -2.52. The molecule has 10 heteroatoms. The summed E-state index contributed by atoms with van der Waals surface area (Å²) in [5.41, 5.74) is 3.84. The van der Waals surface area contributed by atoms with Crippen LogP contribution >= 0.6 is 0 Å². The number of aromatic nitrogens is 4. The fourth-order valence-electron chi connectivity index (χ4n) is 6.16. The topological polar surface area (TPSA) is 87.8 Å². The molecular weight excluding hydrogens is 557 g/mol. The Morgan fingerprint density at radius 1 is 1.02 bits per heavy atom. The predicted molar refractivity (Wildman–Crippen MR) is 171 cm³/mol. The third kappa shape index (κ3) is 6.35. The molecule has 1 saturated heterocycles. The van der Waals surface area contributed by atoms with Gasteiger partial charge in [0.1, 0.15) is 11.6 Å². The third-order valence-electron chi connectivity index (χ3n) is 8.42. The van der Waals surface area contributed by atoms with Gasteiger partial charge in [-0.3, -0.25) is 23.5 Å². The number of rotatable bonds is 10. The maximum absolute atomic E-state index is 13.5. The van der Waals surface area contributed by atoms with Crippen molar-refractivity contribution < 1.29 is 9.18 Å². The molecule has 1 fully saturated rings. The van der Waals surface area contributed by atoms with Crippen LogP contribution in [-0.2, 0) is 17.8 Å². The largest absolute Gasteiger partial charge is 0.366 e. The number of fused-ring (bicyclic) bond motifs is 3. The molecule has 9 nitrogen and oxygen atoms in total. The van der Waals surface area contributed by atoms with Crippen molar-refractivity contribution in [1.82, 2.24) is 29.4 Å². The predicted octanol–water partition coefficient (Wildman–Crippen LogP) is 4.19. The normalized spacial score (nSPS) is 15.7. The minimum Gasteiger partial charge on any atom is -0.366 e. The molecule has 3 aromatic carbocycles. The van der Waals surface area contributed by atoms with Crippen LogP contribution in [0.1, 0.15) is 36.7 Å². The standard InChI is InChI=1S/C34H38FN7O2/c1-24-7-5-8-28(21-24)40-20-19-39(22-25(40)2)18-6-17-36-32(43)16-15-31-37-38-34-41(23-26-11-13-27(35)14-12-26)33(44)29-9-3-4-10-30(29)42(31)34/h3-5,7-14,21,25H,6,15-20,22-23H2,1-2H3,(H,36,43)/t25-/m0/s1. The van der Waals surface area contributed by atoms with Crippen molar-refractivity contribution in [2.24, 2.45) is 0 Å². The van der Waals surface area contributed by atoms with E-state index in [-0.39, 0.29) is 30.2 Å². The number of amides is 1. The van der Waals surface area contributed by atoms with E-state index in [1.807, 2.05) is 22.6 Å². The molecule has 1 N–H and O–H groups in total. The highest BCUT2D eigenvalue weighted by atomic mass is 19.1. The smallest absolute Gasteiger partial charge is 0.263 e. The number of benzene rings is 3. The van der Waals surface area contributed by atoms with E-state index >= 15 is 0 Å². The zero-order chi connectivity index (χ0) is 30.6. The molecule has 44 heavy (non-hydrogen) atoms. The van der Waals surface area contributed by atoms with Crippen LogP contribution in [0.15, 0.2) is 77.6 Å². The summed E-state index contributed by atoms with van der Waals surface area (Å²) in [4.78, 5) is 31.1. The number of nitrogens with one attached hydrogen (secondary N) is 1. The monoisotopic (exact) mass is 595 g/mol. The summed E-state index contributed by atoms with van der Waals surface area (Å²) in [6, 6.07) is 22.5. The fraction of sp³-hybridized carbons (Fsp3) is 0.353. The van der Waals surface area contributed by atoms with Gasteiger partial charge in [0.2, 0.25) is 11.7 Å². The Labute approximate surface area is 255 Å². The Hall–Kier alpha value is -4.57. The summed E-state index contributed by atoms with van der Waals surface area (Å²) in [7, 11) is 0. The number of hydrogen-bond acceptors (Lipinski definition) is 6. The minimum atomic E-state index is -0.334. The van der Waals surface area contributed by atoms with Crippen molar-refractivity contribution in [2.45, 2.75) is 45.7 Å². The van der Waals surface area contributed by atoms with Crippen molar-refractivity contribution in [3.8, 4) is 0 Å². The van der Waals surface area contributed by atoms with Gasteiger partial charge in [-0.15, -0.1) is 10.2 Å². The quantitative estimate of drug-likeness (QED) is 0.244. The average Bonchev–Trinajstić information content (AvgIpc) is 3.45. The summed E-state index contributed by atoms with van der Waals surface area (Å²) in [5, 5.41) is 12.3. The number of carbonyl (C=O) groups is 1. The third-order valence-corrected chi connectivity index (χ3v) is 8.42. The molecule has 0 aliphatic carbocycles. The summed E-state index contributed by atoms with van der Waals surface area (Å²) < 4.78 is 16.9. The molecule has 0 bridgehead atoms. The van der Waals surface area contributed by atoms with Crippen LogP contribution in [-0.4, -0.2) is 68.7 Å². The van der Waals surface area contributed by atoms with E-state index in [0.717, 1.165) is 38.2 Å². The van der Waals surface area contributed by atoms with Gasteiger partial charge in [0.05, 0.1) is 17.4 Å². The average molecular weight is 596 g/mol. The van der Waals surface area contributed by atoms with E-state index in [4.69, 9.17) is 0 Å². The number of nitrogens with zero attached hydrogens (tertiary/aromatic N) is 6. The van der Waals surface area contributed by atoms with Crippen LogP contribution in [0, 0.1) is 12.7 Å². The highest BCUT2D eigenvalue weighted by Crippen LogP contribution is 2.22. The molecule has 0 spiro atoms. The van der Waals surface area contributed by atoms with Crippen LogP contribution in [0.25, 0.3) is 16.7 Å². The summed E-state index contributed by atoms with van der Waals surface area (Å²) in [6.07, 6.45) is 1.53. The van der Waals surface area contributed by atoms with Gasteiger partial charge in [-0.1, -0.05) is 36.4 Å². The second-order valence-corrected chi connectivity index (χ2v) is 11.7. The van der Waals surface area contributed by atoms with Crippen molar-refractivity contribution in [3.05, 3.63) is 106 Å². The van der Waals surface area contributed by atoms with Gasteiger partial charge in [0.15, 0.2) is 0 Å². The first-order valence-corrected chi connectivity index (χ1v) is 15.3. The van der Waals surface area contributed by atoms with Crippen LogP contribution < -0.4 is 15.8 Å². The lowest BCUT2D eigenvalue weighted by molar-refractivity contribution is -0.121. The zero-order valence-corrected chi connectivity index (χ0v) is 25.2. The molecule has 1 aliphatic heterocycles. The summed E-state index contributed by atoms with van der Waals surface area (Å²) in [6.45, 7) is 9.20. The molecule has 0 saturated carbocycles. The maximum Gasteiger partial charge on any atom is 0.263 e. The number of aryl methyl sites for hydroxylation is 2. The highest BCUT2D eigenvalue weighted by Gasteiger charge is 2.24. The Kier molecular flexibility index (Phi) is 8.70. The Morgan fingerprint density at radius 3 is 2.64 bits per heavy atom. The zero-order valence-electron chi connectivity index (χ0n) is 25.2. The molecular formula is C34H38FN7O2. The molecule has 1 aliphatic rings. The number of hydrogen-bond donors (Lipinski definition) is 1. The van der Waals surface area contributed by atoms with Crippen LogP contribution in [0.3, 0.4) is 0 Å². The Balaban J connectivity index is 1.05. The van der Waals surface area contributed by atoms with Gasteiger partial charge >= 0.3 is 0 Å². The van der Waals surface area contributed by atoms with Crippen molar-refractivity contribution in [3.63, 3.8) is 0 Å². The van der Waals surface area contributed by atoms with Crippen LogP contribution in [0.2, 0.25) is 0 Å². The SMILES string of the molecule is Cc1cccc(N2CCN(CCCNC(=O)CCc3nnc4n(Cc5ccc(F)cc5)c(=O)c5ccccc5n34)C[C@@H]2C)c1. The maximum atomic E-state index is 13.5. The molecule has 2 aromatic heterocycles. The van der Waals surface area contributed by atoms with E-state index in [9.17, 15) is 14.0 Å². The van der Waals surface area contributed by atoms with E-state index in [2.05, 4.69) is 63.4 Å². The number of piperazine rings is 1. The van der Waals surface area contributed by atoms with E-state index in [1.165, 1.54) is 23.4 Å². The van der Waals surface area contributed by atoms with Gasteiger partial charge in [-0.25, -0.2) is 4.39 Å². The van der Waals surface area contributed by atoms with E-state index < -0.39 is 0 Å². The van der Waals surface area contributed by atoms with Crippen molar-refractivity contribution in [1.29, 1.82) is 0 Å². The first kappa shape index (κ1) is 29.5. The molecule has 228 valence electrons. The van der Waals surface area contributed by atoms with Gasteiger partial charge in [0.25, 0.3) is 5.56 Å². The van der Waals surface area contributed by atoms with E-state index in [1.54, 1.807) is 22.8 Å². The second kappa shape index (κ2) is 13.0. The fourth-order valence-corrected chi connectivity index (χ4v) is 6.16. The van der Waals surface area contributed by atoms with Gasteiger partial charge in [-0.05, 0) is 74.3 Å². The van der Waals surface area contributed by atoms with Crippen molar-refractivity contribution >= 4 is 28.3 Å². The number of halogens is 1. The Morgan fingerprint density at radius 2 is 1.84 bits per heavy atom. The number of carbonyl (C=O) groups excluding carboxylic acids is 1. The van der Waals surface area contributed by atoms with Crippen LogP contribution in [0.5, 0.6) is 0 Å². The Bertz CT molecular complexity index is 1830. The molecule has 3 heterocycles. The number of para-hydroxylation sites is 1. The van der Waals surface area contributed by atoms with Gasteiger partial charge < -0.3 is 10.2 Å². The molecule has 0 unspecified atom stereocenters. The molecule has 0 radical (unpaired) electrons.